The van der Waals surface area contributed by atoms with Gasteiger partial charge in [0.05, 0.1) is 25.5 Å². The van der Waals surface area contributed by atoms with Crippen molar-refractivity contribution in [2.75, 3.05) is 29.9 Å². The Kier molecular flexibility index (Phi) is 6.43. The van der Waals surface area contributed by atoms with Crippen molar-refractivity contribution in [1.29, 1.82) is 0 Å². The summed E-state index contributed by atoms with van der Waals surface area (Å²) in [7, 11) is -2.04. The van der Waals surface area contributed by atoms with E-state index in [0.29, 0.717) is 25.1 Å². The van der Waals surface area contributed by atoms with Crippen molar-refractivity contribution in [3.63, 3.8) is 0 Å². The molecule has 0 bridgehead atoms. The number of sulfonamides is 1. The van der Waals surface area contributed by atoms with Crippen molar-refractivity contribution >= 4 is 44.5 Å². The smallest absolute Gasteiger partial charge is 0.247 e. The predicted octanol–water partition coefficient (Wildman–Crippen LogP) is 2.30. The van der Waals surface area contributed by atoms with Gasteiger partial charge in [0, 0.05) is 23.2 Å². The van der Waals surface area contributed by atoms with Crippen LogP contribution in [0.25, 0.3) is 0 Å². The van der Waals surface area contributed by atoms with E-state index in [1.54, 1.807) is 11.0 Å². The molecular weight excluding hydrogens is 414 g/mol. The Morgan fingerprint density at radius 1 is 1.31 bits per heavy atom. The topological polar surface area (TPSA) is 105 Å². The van der Waals surface area contributed by atoms with E-state index in [1.165, 1.54) is 30.6 Å². The first-order valence-corrected chi connectivity index (χ1v) is 11.8. The monoisotopic (exact) mass is 437 g/mol. The van der Waals surface area contributed by atoms with Gasteiger partial charge in [0.25, 0.3) is 0 Å². The summed E-state index contributed by atoms with van der Waals surface area (Å²) >= 11 is 1.52. The van der Waals surface area contributed by atoms with E-state index in [2.05, 4.69) is 10.0 Å². The molecule has 29 heavy (non-hydrogen) atoms. The van der Waals surface area contributed by atoms with Crippen LogP contribution in [0, 0.1) is 0 Å². The summed E-state index contributed by atoms with van der Waals surface area (Å²) in [5.41, 5.74) is 0.741. The van der Waals surface area contributed by atoms with Gasteiger partial charge < -0.3 is 15.0 Å². The fourth-order valence-corrected chi connectivity index (χ4v) is 4.54. The van der Waals surface area contributed by atoms with Crippen molar-refractivity contribution < 1.29 is 22.7 Å². The summed E-state index contributed by atoms with van der Waals surface area (Å²) in [6.45, 7) is 0.558. The van der Waals surface area contributed by atoms with Crippen LogP contribution in [0.1, 0.15) is 17.7 Å². The van der Waals surface area contributed by atoms with Crippen LogP contribution in [0.5, 0.6) is 5.75 Å². The molecule has 1 atom stereocenters. The summed E-state index contributed by atoms with van der Waals surface area (Å²) in [6, 6.07) is 7.92. The zero-order valence-corrected chi connectivity index (χ0v) is 17.8. The number of amides is 2. The predicted molar refractivity (Wildman–Crippen MR) is 113 cm³/mol. The van der Waals surface area contributed by atoms with Gasteiger partial charge in [0.2, 0.25) is 21.8 Å². The maximum atomic E-state index is 12.8. The third-order valence-electron chi connectivity index (χ3n) is 4.55. The number of anilines is 2. The quantitative estimate of drug-likeness (QED) is 0.692. The average Bonchev–Trinajstić information content (AvgIpc) is 3.33. The van der Waals surface area contributed by atoms with Crippen molar-refractivity contribution in [2.24, 2.45) is 0 Å². The van der Waals surface area contributed by atoms with E-state index in [4.69, 9.17) is 4.74 Å². The summed E-state index contributed by atoms with van der Waals surface area (Å²) in [4.78, 5) is 28.0. The van der Waals surface area contributed by atoms with E-state index in [-0.39, 0.29) is 23.3 Å². The number of rotatable bonds is 7. The number of methoxy groups -OCH3 is 1. The number of nitrogens with one attached hydrogen (secondary N) is 2. The lowest BCUT2D eigenvalue weighted by Crippen LogP contribution is -2.43. The number of ether oxygens (including phenoxy) is 1. The standard InChI is InChI=1S/C19H23N3O5S2/c1-27-17-11-13(7-8-15(17)21-29(2,25)26)20-19(24)16-6-3-9-22(16)18(23)12-14-5-4-10-28-14/h4-5,7-8,10-11,16,21H,3,6,9,12H2,1-2H3,(H,20,24). The minimum Gasteiger partial charge on any atom is -0.494 e. The van der Waals surface area contributed by atoms with Crippen molar-refractivity contribution in [3.8, 4) is 5.75 Å². The highest BCUT2D eigenvalue weighted by Crippen LogP contribution is 2.29. The molecule has 1 aliphatic rings. The molecule has 3 rings (SSSR count). The molecule has 2 heterocycles. The molecule has 1 aromatic carbocycles. The highest BCUT2D eigenvalue weighted by atomic mass is 32.2. The number of nitrogens with zero attached hydrogens (tertiary/aromatic N) is 1. The molecule has 10 heteroatoms. The van der Waals surface area contributed by atoms with Gasteiger partial charge in [-0.3, -0.25) is 14.3 Å². The lowest BCUT2D eigenvalue weighted by atomic mass is 10.2. The third kappa shape index (κ3) is 5.48. The minimum absolute atomic E-state index is 0.0598. The van der Waals surface area contributed by atoms with E-state index < -0.39 is 16.1 Å². The molecule has 1 aromatic heterocycles. The molecule has 1 saturated heterocycles. The third-order valence-corrected chi connectivity index (χ3v) is 6.01. The average molecular weight is 438 g/mol. The highest BCUT2D eigenvalue weighted by Gasteiger charge is 2.34. The number of carbonyl (C=O) groups excluding carboxylic acids is 2. The first-order valence-electron chi connectivity index (χ1n) is 9.05. The molecule has 2 N–H and O–H groups in total. The zero-order chi connectivity index (χ0) is 21.0. The molecule has 0 spiro atoms. The van der Waals surface area contributed by atoms with Crippen LogP contribution in [-0.4, -0.2) is 51.1 Å². The van der Waals surface area contributed by atoms with Gasteiger partial charge in [-0.15, -0.1) is 11.3 Å². The van der Waals surface area contributed by atoms with E-state index >= 15 is 0 Å². The first-order chi connectivity index (χ1) is 13.8. The Morgan fingerprint density at radius 2 is 2.10 bits per heavy atom. The Morgan fingerprint density at radius 3 is 2.76 bits per heavy atom. The van der Waals surface area contributed by atoms with Gasteiger partial charge >= 0.3 is 0 Å². The maximum Gasteiger partial charge on any atom is 0.247 e. The number of hydrogen-bond acceptors (Lipinski definition) is 6. The van der Waals surface area contributed by atoms with Crippen LogP contribution in [0.3, 0.4) is 0 Å². The van der Waals surface area contributed by atoms with Crippen molar-refractivity contribution in [1.82, 2.24) is 4.90 Å². The first kappa shape index (κ1) is 21.1. The maximum absolute atomic E-state index is 12.8. The summed E-state index contributed by atoms with van der Waals surface area (Å²) in [5.74, 6) is -0.0476. The van der Waals surface area contributed by atoms with Gasteiger partial charge in [-0.05, 0) is 36.4 Å². The molecule has 1 fully saturated rings. The molecule has 0 aliphatic carbocycles. The molecule has 2 amide bonds. The SMILES string of the molecule is COc1cc(NC(=O)C2CCCN2C(=O)Cc2cccs2)ccc1NS(C)(=O)=O. The second kappa shape index (κ2) is 8.83. The van der Waals surface area contributed by atoms with Crippen molar-refractivity contribution in [2.45, 2.75) is 25.3 Å². The van der Waals surface area contributed by atoms with Crippen LogP contribution in [0.15, 0.2) is 35.7 Å². The Hall–Kier alpha value is -2.59. The number of thiophene rings is 1. The fourth-order valence-electron chi connectivity index (χ4n) is 3.28. The Labute approximate surface area is 173 Å². The largest absolute Gasteiger partial charge is 0.494 e. The second-order valence-corrected chi connectivity index (χ2v) is 9.56. The van der Waals surface area contributed by atoms with Crippen LogP contribution in [-0.2, 0) is 26.0 Å². The number of likely N-dealkylation sites (tertiary alicyclic amines) is 1. The highest BCUT2D eigenvalue weighted by molar-refractivity contribution is 7.92. The van der Waals surface area contributed by atoms with Gasteiger partial charge in [0.15, 0.2) is 0 Å². The molecule has 1 aliphatic heterocycles. The Bertz CT molecular complexity index is 989. The molecule has 0 saturated carbocycles. The normalized spacial score (nSPS) is 16.5. The summed E-state index contributed by atoms with van der Waals surface area (Å²) < 4.78 is 30.5. The molecular formula is C19H23N3O5S2. The van der Waals surface area contributed by atoms with Crippen LogP contribution < -0.4 is 14.8 Å². The zero-order valence-electron chi connectivity index (χ0n) is 16.2. The van der Waals surface area contributed by atoms with E-state index in [0.717, 1.165) is 17.6 Å². The molecule has 8 nitrogen and oxygen atoms in total. The molecule has 2 aromatic rings. The van der Waals surface area contributed by atoms with Gasteiger partial charge in [-0.25, -0.2) is 8.42 Å². The number of carbonyl (C=O) groups is 2. The van der Waals surface area contributed by atoms with Crippen LogP contribution >= 0.6 is 11.3 Å². The lowest BCUT2D eigenvalue weighted by Gasteiger charge is -2.24. The molecule has 0 radical (unpaired) electrons. The Balaban J connectivity index is 1.69. The van der Waals surface area contributed by atoms with Gasteiger partial charge in [-0.1, -0.05) is 6.07 Å². The number of benzene rings is 1. The number of hydrogen-bond donors (Lipinski definition) is 2. The summed E-state index contributed by atoms with van der Waals surface area (Å²) in [5, 5.41) is 4.73. The second-order valence-electron chi connectivity index (χ2n) is 6.78. The van der Waals surface area contributed by atoms with E-state index in [1.807, 2.05) is 17.5 Å². The van der Waals surface area contributed by atoms with E-state index in [9.17, 15) is 18.0 Å². The van der Waals surface area contributed by atoms with Crippen molar-refractivity contribution in [3.05, 3.63) is 40.6 Å². The van der Waals surface area contributed by atoms with Gasteiger partial charge in [-0.2, -0.15) is 0 Å². The molecule has 1 unspecified atom stereocenters. The van der Waals surface area contributed by atoms with Gasteiger partial charge in [0.1, 0.15) is 11.8 Å². The minimum atomic E-state index is -3.46. The fraction of sp³-hybridized carbons (Fsp3) is 0.368. The lowest BCUT2D eigenvalue weighted by molar-refractivity contribution is -0.136. The summed E-state index contributed by atoms with van der Waals surface area (Å²) in [6.07, 6.45) is 2.72. The molecule has 156 valence electrons. The van der Waals surface area contributed by atoms with Crippen LogP contribution in [0.2, 0.25) is 0 Å². The van der Waals surface area contributed by atoms with Crippen LogP contribution in [0.4, 0.5) is 11.4 Å².